The first-order valence-corrected chi connectivity index (χ1v) is 9.52. The van der Waals surface area contributed by atoms with Gasteiger partial charge >= 0.3 is 0 Å². The summed E-state index contributed by atoms with van der Waals surface area (Å²) < 4.78 is 5.41. The van der Waals surface area contributed by atoms with E-state index in [9.17, 15) is 9.90 Å². The molecule has 3 aliphatic rings. The van der Waals surface area contributed by atoms with Gasteiger partial charge in [0.15, 0.2) is 5.82 Å². The van der Waals surface area contributed by atoms with Gasteiger partial charge in [-0.2, -0.15) is 4.98 Å². The summed E-state index contributed by atoms with van der Waals surface area (Å²) in [5, 5.41) is 17.8. The van der Waals surface area contributed by atoms with Crippen molar-refractivity contribution in [1.29, 1.82) is 0 Å². The number of carbonyl (C=O) groups is 1. The molecule has 24 heavy (non-hydrogen) atoms. The second kappa shape index (κ2) is 6.47. The summed E-state index contributed by atoms with van der Waals surface area (Å²) in [5.41, 5.74) is -0.552. The number of amides is 1. The normalized spacial score (nSPS) is 25.5. The molecule has 132 valence electrons. The molecule has 1 atom stereocenters. The minimum atomic E-state index is -0.919. The summed E-state index contributed by atoms with van der Waals surface area (Å²) >= 11 is 0. The van der Waals surface area contributed by atoms with Gasteiger partial charge in [0.1, 0.15) is 11.6 Å². The smallest absolute Gasteiger partial charge is 0.249 e. The molecule has 1 amide bonds. The van der Waals surface area contributed by atoms with Crippen LogP contribution in [0, 0.1) is 5.92 Å². The molecule has 1 aromatic heterocycles. The van der Waals surface area contributed by atoms with E-state index in [0.29, 0.717) is 17.6 Å². The van der Waals surface area contributed by atoms with Gasteiger partial charge in [-0.05, 0) is 44.4 Å². The van der Waals surface area contributed by atoms with Gasteiger partial charge in [-0.1, -0.05) is 37.3 Å². The predicted octanol–water partition coefficient (Wildman–Crippen LogP) is 2.77. The van der Waals surface area contributed by atoms with E-state index in [1.54, 1.807) is 0 Å². The first kappa shape index (κ1) is 16.1. The van der Waals surface area contributed by atoms with Gasteiger partial charge in [-0.15, -0.1) is 0 Å². The molecule has 3 aliphatic carbocycles. The van der Waals surface area contributed by atoms with Gasteiger partial charge in [0.05, 0.1) is 0 Å². The zero-order valence-electron chi connectivity index (χ0n) is 14.2. The molecule has 0 aliphatic heterocycles. The molecule has 0 bridgehead atoms. The number of carbonyl (C=O) groups excluding carboxylic acids is 1. The van der Waals surface area contributed by atoms with Crippen molar-refractivity contribution in [1.82, 2.24) is 15.5 Å². The van der Waals surface area contributed by atoms with Gasteiger partial charge in [0.2, 0.25) is 11.8 Å². The average molecular weight is 333 g/mol. The summed E-state index contributed by atoms with van der Waals surface area (Å²) in [6, 6.07) is 0. The van der Waals surface area contributed by atoms with Crippen molar-refractivity contribution in [3.63, 3.8) is 0 Å². The van der Waals surface area contributed by atoms with Crippen LogP contribution >= 0.6 is 0 Å². The van der Waals surface area contributed by atoms with Crippen LogP contribution in [-0.4, -0.2) is 27.3 Å². The van der Waals surface area contributed by atoms with Gasteiger partial charge in [-0.3, -0.25) is 4.79 Å². The number of aliphatic hydroxyl groups is 1. The monoisotopic (exact) mass is 333 g/mol. The van der Waals surface area contributed by atoms with Crippen LogP contribution in [0.25, 0.3) is 0 Å². The molecule has 6 nitrogen and oxygen atoms in total. The van der Waals surface area contributed by atoms with Crippen LogP contribution in [0.15, 0.2) is 4.52 Å². The van der Waals surface area contributed by atoms with Crippen LogP contribution in [-0.2, 0) is 10.3 Å². The van der Waals surface area contributed by atoms with Crippen LogP contribution in [0.2, 0.25) is 0 Å². The maximum Gasteiger partial charge on any atom is 0.249 e. The lowest BCUT2D eigenvalue weighted by atomic mass is 9.84. The molecule has 0 radical (unpaired) electrons. The first-order chi connectivity index (χ1) is 11.7. The van der Waals surface area contributed by atoms with Crippen molar-refractivity contribution in [2.45, 2.75) is 88.2 Å². The molecule has 0 spiro atoms. The fourth-order valence-corrected chi connectivity index (χ4v) is 4.28. The number of hydrogen-bond donors (Lipinski definition) is 2. The molecule has 0 aromatic carbocycles. The highest BCUT2D eigenvalue weighted by Gasteiger charge is 2.44. The summed E-state index contributed by atoms with van der Waals surface area (Å²) in [4.78, 5) is 17.3. The SMILES string of the molecule is O=C(NC1(c2noc(C3CC3)n2)CCCC1)[C@H](O)C1CCCCC1. The summed E-state index contributed by atoms with van der Waals surface area (Å²) in [6.45, 7) is 0. The lowest BCUT2D eigenvalue weighted by Gasteiger charge is -2.31. The predicted molar refractivity (Wildman–Crippen MR) is 87.1 cm³/mol. The Morgan fingerprint density at radius 1 is 1.12 bits per heavy atom. The molecular weight excluding hydrogens is 306 g/mol. The minimum absolute atomic E-state index is 0.0875. The van der Waals surface area contributed by atoms with Crippen LogP contribution in [0.3, 0.4) is 0 Å². The number of nitrogens with one attached hydrogen (secondary N) is 1. The standard InChI is InChI=1S/C18H27N3O3/c22-14(12-6-2-1-3-7-12)15(23)20-18(10-4-5-11-18)17-19-16(24-21-17)13-8-9-13/h12-14,22H,1-11H2,(H,20,23)/t14-/m1/s1. The largest absolute Gasteiger partial charge is 0.383 e. The van der Waals surface area contributed by atoms with Gasteiger partial charge in [-0.25, -0.2) is 0 Å². The number of aromatic nitrogens is 2. The zero-order valence-corrected chi connectivity index (χ0v) is 14.2. The van der Waals surface area contributed by atoms with Crippen molar-refractivity contribution >= 4 is 5.91 Å². The minimum Gasteiger partial charge on any atom is -0.383 e. The van der Waals surface area contributed by atoms with Crippen LogP contribution in [0.5, 0.6) is 0 Å². The van der Waals surface area contributed by atoms with E-state index in [4.69, 9.17) is 4.52 Å². The lowest BCUT2D eigenvalue weighted by molar-refractivity contribution is -0.135. The Morgan fingerprint density at radius 3 is 2.50 bits per heavy atom. The van der Waals surface area contributed by atoms with E-state index in [1.807, 2.05) is 0 Å². The van der Waals surface area contributed by atoms with Crippen molar-refractivity contribution in [3.8, 4) is 0 Å². The molecule has 3 fully saturated rings. The molecule has 1 heterocycles. The maximum atomic E-state index is 12.7. The zero-order chi connectivity index (χ0) is 16.6. The summed E-state index contributed by atoms with van der Waals surface area (Å²) in [6.07, 6.45) is 10.3. The van der Waals surface area contributed by atoms with Gasteiger partial charge < -0.3 is 14.9 Å². The van der Waals surface area contributed by atoms with Gasteiger partial charge in [0, 0.05) is 5.92 Å². The Balaban J connectivity index is 1.48. The number of nitrogens with zero attached hydrogens (tertiary/aromatic N) is 2. The quantitative estimate of drug-likeness (QED) is 0.865. The fourth-order valence-electron chi connectivity index (χ4n) is 4.28. The van der Waals surface area contributed by atoms with Crippen LogP contribution < -0.4 is 5.32 Å². The topological polar surface area (TPSA) is 88.3 Å². The Hall–Kier alpha value is -1.43. The number of rotatable bonds is 5. The third kappa shape index (κ3) is 3.08. The third-order valence-electron chi connectivity index (χ3n) is 5.98. The van der Waals surface area contributed by atoms with E-state index in [1.165, 1.54) is 6.42 Å². The van der Waals surface area contributed by atoms with Crippen molar-refractivity contribution < 1.29 is 14.4 Å². The lowest BCUT2D eigenvalue weighted by Crippen LogP contribution is -2.50. The van der Waals surface area contributed by atoms with Gasteiger partial charge in [0.25, 0.3) is 0 Å². The number of aliphatic hydroxyl groups excluding tert-OH is 1. The molecule has 2 N–H and O–H groups in total. The maximum absolute atomic E-state index is 12.7. The second-order valence-corrected chi connectivity index (χ2v) is 7.85. The molecule has 0 saturated heterocycles. The van der Waals surface area contributed by atoms with E-state index in [-0.39, 0.29) is 11.8 Å². The van der Waals surface area contributed by atoms with Crippen molar-refractivity contribution in [3.05, 3.63) is 11.7 Å². The molecule has 1 aromatic rings. The summed E-state index contributed by atoms with van der Waals surface area (Å²) in [5.74, 6) is 1.55. The van der Waals surface area contributed by atoms with Crippen LogP contribution in [0.4, 0.5) is 0 Å². The van der Waals surface area contributed by atoms with Crippen LogP contribution in [0.1, 0.15) is 88.3 Å². The Bertz CT molecular complexity index is 584. The average Bonchev–Trinajstić information content (AvgIpc) is 3.15. The highest BCUT2D eigenvalue weighted by molar-refractivity contribution is 5.81. The highest BCUT2D eigenvalue weighted by atomic mass is 16.5. The first-order valence-electron chi connectivity index (χ1n) is 9.52. The molecule has 4 rings (SSSR count). The summed E-state index contributed by atoms with van der Waals surface area (Å²) in [7, 11) is 0. The van der Waals surface area contributed by atoms with E-state index in [2.05, 4.69) is 15.5 Å². The Morgan fingerprint density at radius 2 is 1.83 bits per heavy atom. The van der Waals surface area contributed by atoms with E-state index < -0.39 is 11.6 Å². The van der Waals surface area contributed by atoms with Crippen molar-refractivity contribution in [2.75, 3.05) is 0 Å². The third-order valence-corrected chi connectivity index (χ3v) is 5.98. The molecular formula is C18H27N3O3. The molecule has 0 unspecified atom stereocenters. The molecule has 3 saturated carbocycles. The fraction of sp³-hybridized carbons (Fsp3) is 0.833. The Labute approximate surface area is 142 Å². The second-order valence-electron chi connectivity index (χ2n) is 7.85. The molecule has 6 heteroatoms. The number of hydrogen-bond acceptors (Lipinski definition) is 5. The van der Waals surface area contributed by atoms with E-state index >= 15 is 0 Å². The van der Waals surface area contributed by atoms with Crippen molar-refractivity contribution in [2.24, 2.45) is 5.92 Å². The Kier molecular flexibility index (Phi) is 4.33. The highest BCUT2D eigenvalue weighted by Crippen LogP contribution is 2.42. The van der Waals surface area contributed by atoms with E-state index in [0.717, 1.165) is 64.2 Å².